The van der Waals surface area contributed by atoms with E-state index in [0.717, 1.165) is 17.4 Å². The van der Waals surface area contributed by atoms with Crippen molar-refractivity contribution in [3.8, 4) is 0 Å². The molecule has 0 bridgehead atoms. The normalized spacial score (nSPS) is 11.8. The minimum absolute atomic E-state index is 0.0464. The van der Waals surface area contributed by atoms with Gasteiger partial charge in [-0.1, -0.05) is 12.1 Å². The molecule has 0 aromatic heterocycles. The number of amides is 1. The topological polar surface area (TPSA) is 63.2 Å². The lowest BCUT2D eigenvalue weighted by Crippen LogP contribution is -2.27. The van der Waals surface area contributed by atoms with Crippen molar-refractivity contribution < 1.29 is 13.2 Å². The first-order valence-electron chi connectivity index (χ1n) is 6.40. The quantitative estimate of drug-likeness (QED) is 0.842. The third kappa shape index (κ3) is 5.57. The van der Waals surface area contributed by atoms with Crippen LogP contribution in [0, 0.1) is 20.8 Å². The van der Waals surface area contributed by atoms with E-state index >= 15 is 0 Å². The van der Waals surface area contributed by atoms with Crippen LogP contribution in [0.5, 0.6) is 0 Å². The largest absolute Gasteiger partial charge is 0.352 e. The van der Waals surface area contributed by atoms with Gasteiger partial charge in [-0.2, -0.15) is 0 Å². The first kappa shape index (κ1) is 16.4. The molecule has 0 heterocycles. The highest BCUT2D eigenvalue weighted by Gasteiger charge is 2.03. The fraction of sp³-hybridized carbons (Fsp3) is 0.400. The van der Waals surface area contributed by atoms with Crippen LogP contribution in [0.25, 0.3) is 6.08 Å². The van der Waals surface area contributed by atoms with Gasteiger partial charge in [0.05, 0.1) is 5.75 Å². The van der Waals surface area contributed by atoms with Gasteiger partial charge in [0.1, 0.15) is 9.84 Å². The molecule has 0 spiro atoms. The number of aryl methyl sites for hydroxylation is 3. The zero-order valence-corrected chi connectivity index (χ0v) is 13.2. The van der Waals surface area contributed by atoms with E-state index in [0.29, 0.717) is 0 Å². The lowest BCUT2D eigenvalue weighted by atomic mass is 10.0. The number of rotatable bonds is 5. The van der Waals surface area contributed by atoms with Crippen LogP contribution in [0.3, 0.4) is 0 Å². The van der Waals surface area contributed by atoms with Crippen LogP contribution in [0.1, 0.15) is 22.3 Å². The van der Waals surface area contributed by atoms with Crippen molar-refractivity contribution in [2.45, 2.75) is 20.8 Å². The Hall–Kier alpha value is -1.62. The van der Waals surface area contributed by atoms with E-state index in [1.165, 1.54) is 17.2 Å². The van der Waals surface area contributed by atoms with E-state index in [2.05, 4.69) is 11.4 Å². The first-order chi connectivity index (χ1) is 9.19. The van der Waals surface area contributed by atoms with Gasteiger partial charge in [0.25, 0.3) is 0 Å². The minimum atomic E-state index is -3.04. The second kappa shape index (κ2) is 6.70. The van der Waals surface area contributed by atoms with Crippen LogP contribution in [-0.4, -0.2) is 32.9 Å². The summed E-state index contributed by atoms with van der Waals surface area (Å²) < 4.78 is 21.9. The van der Waals surface area contributed by atoms with Crippen molar-refractivity contribution >= 4 is 21.8 Å². The van der Waals surface area contributed by atoms with E-state index in [9.17, 15) is 13.2 Å². The van der Waals surface area contributed by atoms with Gasteiger partial charge in [-0.15, -0.1) is 0 Å². The Labute approximate surface area is 120 Å². The van der Waals surface area contributed by atoms with Gasteiger partial charge in [0.2, 0.25) is 5.91 Å². The summed E-state index contributed by atoms with van der Waals surface area (Å²) in [5, 5.41) is 2.55. The highest BCUT2D eigenvalue weighted by molar-refractivity contribution is 7.90. The van der Waals surface area contributed by atoms with Crippen LogP contribution in [0.15, 0.2) is 18.2 Å². The molecule has 1 aromatic carbocycles. The number of benzene rings is 1. The Morgan fingerprint density at radius 3 is 2.35 bits per heavy atom. The highest BCUT2D eigenvalue weighted by Crippen LogP contribution is 2.16. The van der Waals surface area contributed by atoms with Gasteiger partial charge in [-0.3, -0.25) is 4.79 Å². The summed E-state index contributed by atoms with van der Waals surface area (Å²) in [5.41, 5.74) is 4.49. The lowest BCUT2D eigenvalue weighted by molar-refractivity contribution is -0.116. The monoisotopic (exact) mass is 295 g/mol. The second-order valence-electron chi connectivity index (χ2n) is 5.05. The van der Waals surface area contributed by atoms with Gasteiger partial charge in [-0.25, -0.2) is 8.42 Å². The molecule has 0 saturated carbocycles. The van der Waals surface area contributed by atoms with Crippen molar-refractivity contribution in [1.29, 1.82) is 0 Å². The Morgan fingerprint density at radius 1 is 1.15 bits per heavy atom. The molecule has 0 aliphatic carbocycles. The molecule has 1 rings (SSSR count). The fourth-order valence-electron chi connectivity index (χ4n) is 1.75. The summed E-state index contributed by atoms with van der Waals surface area (Å²) in [6.07, 6.45) is 4.32. The smallest absolute Gasteiger partial charge is 0.244 e. The minimum Gasteiger partial charge on any atom is -0.352 e. The molecule has 1 N–H and O–H groups in total. The van der Waals surface area contributed by atoms with Gasteiger partial charge in [0, 0.05) is 18.9 Å². The number of carbonyl (C=O) groups excluding carboxylic acids is 1. The zero-order chi connectivity index (χ0) is 15.3. The van der Waals surface area contributed by atoms with Crippen molar-refractivity contribution in [2.75, 3.05) is 18.6 Å². The SMILES string of the molecule is Cc1cc(C)c(C=CC(=O)NCCS(C)(=O)=O)cc1C. The Kier molecular flexibility index (Phi) is 5.51. The summed E-state index contributed by atoms with van der Waals surface area (Å²) in [7, 11) is -3.04. The molecule has 5 heteroatoms. The van der Waals surface area contributed by atoms with Crippen LogP contribution < -0.4 is 5.32 Å². The maximum absolute atomic E-state index is 11.6. The highest BCUT2D eigenvalue weighted by atomic mass is 32.2. The second-order valence-corrected chi connectivity index (χ2v) is 7.31. The molecule has 0 unspecified atom stereocenters. The standard InChI is InChI=1S/C15H21NO3S/c1-11-9-13(3)14(10-12(11)2)5-6-15(17)16-7-8-20(4,18)19/h5-6,9-10H,7-8H2,1-4H3,(H,16,17). The average Bonchev–Trinajstić information content (AvgIpc) is 2.30. The Bertz CT molecular complexity index is 631. The Morgan fingerprint density at radius 2 is 1.75 bits per heavy atom. The predicted octanol–water partition coefficient (Wildman–Crippen LogP) is 1.79. The summed E-state index contributed by atoms with van der Waals surface area (Å²) >= 11 is 0. The molecule has 0 aliphatic rings. The molecule has 20 heavy (non-hydrogen) atoms. The third-order valence-electron chi connectivity index (χ3n) is 3.07. The molecule has 1 amide bonds. The summed E-state index contributed by atoms with van der Waals surface area (Å²) in [6, 6.07) is 4.11. The zero-order valence-electron chi connectivity index (χ0n) is 12.4. The molecular formula is C15H21NO3S. The maximum atomic E-state index is 11.6. The van der Waals surface area contributed by atoms with Crippen LogP contribution in [0.2, 0.25) is 0 Å². The number of sulfone groups is 1. The van der Waals surface area contributed by atoms with Crippen molar-refractivity contribution in [2.24, 2.45) is 0 Å². The summed E-state index contributed by atoms with van der Waals surface area (Å²) in [6.45, 7) is 6.20. The maximum Gasteiger partial charge on any atom is 0.244 e. The van der Waals surface area contributed by atoms with E-state index < -0.39 is 9.84 Å². The number of hydrogen-bond acceptors (Lipinski definition) is 3. The Balaban J connectivity index is 2.64. The lowest BCUT2D eigenvalue weighted by Gasteiger charge is -2.06. The number of carbonyl (C=O) groups is 1. The molecule has 0 atom stereocenters. The van der Waals surface area contributed by atoms with Crippen LogP contribution in [-0.2, 0) is 14.6 Å². The average molecular weight is 295 g/mol. The van der Waals surface area contributed by atoms with Crippen LogP contribution >= 0.6 is 0 Å². The van der Waals surface area contributed by atoms with Crippen molar-refractivity contribution in [1.82, 2.24) is 5.32 Å². The first-order valence-corrected chi connectivity index (χ1v) is 8.46. The van der Waals surface area contributed by atoms with Crippen molar-refractivity contribution in [3.05, 3.63) is 40.5 Å². The molecule has 0 radical (unpaired) electrons. The van der Waals surface area contributed by atoms with Gasteiger partial charge < -0.3 is 5.32 Å². The van der Waals surface area contributed by atoms with E-state index in [1.54, 1.807) is 6.08 Å². The third-order valence-corrected chi connectivity index (χ3v) is 4.01. The summed E-state index contributed by atoms with van der Waals surface area (Å²) in [5.74, 6) is -0.332. The molecule has 110 valence electrons. The predicted molar refractivity (Wildman–Crippen MR) is 82.4 cm³/mol. The summed E-state index contributed by atoms with van der Waals surface area (Å²) in [4.78, 5) is 11.6. The molecule has 0 aliphatic heterocycles. The van der Waals surface area contributed by atoms with E-state index in [4.69, 9.17) is 0 Å². The van der Waals surface area contributed by atoms with E-state index in [1.807, 2.05) is 26.8 Å². The van der Waals surface area contributed by atoms with Gasteiger partial charge >= 0.3 is 0 Å². The number of hydrogen-bond donors (Lipinski definition) is 1. The number of nitrogens with one attached hydrogen (secondary N) is 1. The molecule has 4 nitrogen and oxygen atoms in total. The van der Waals surface area contributed by atoms with Gasteiger partial charge in [0.15, 0.2) is 0 Å². The molecular weight excluding hydrogens is 274 g/mol. The van der Waals surface area contributed by atoms with E-state index in [-0.39, 0.29) is 18.2 Å². The van der Waals surface area contributed by atoms with Crippen molar-refractivity contribution in [3.63, 3.8) is 0 Å². The van der Waals surface area contributed by atoms with Crippen LogP contribution in [0.4, 0.5) is 0 Å². The van der Waals surface area contributed by atoms with Gasteiger partial charge in [-0.05, 0) is 49.1 Å². The molecule has 1 aromatic rings. The molecule has 0 saturated heterocycles. The molecule has 0 fully saturated rings. The fourth-order valence-corrected chi connectivity index (χ4v) is 2.22.